The smallest absolute Gasteiger partial charge is 0.208 e. The summed E-state index contributed by atoms with van der Waals surface area (Å²) in [6, 6.07) is 5.04. The van der Waals surface area contributed by atoms with Crippen molar-refractivity contribution in [3.05, 3.63) is 39.9 Å². The van der Waals surface area contributed by atoms with Crippen LogP contribution in [0.1, 0.15) is 11.6 Å². The Balaban J connectivity index is 2.30. The molecule has 0 spiro atoms. The first kappa shape index (κ1) is 16.2. The molecule has 0 aliphatic heterocycles. The van der Waals surface area contributed by atoms with Crippen LogP contribution in [0.5, 0.6) is 0 Å². The number of aryl methyl sites for hydroxylation is 1. The van der Waals surface area contributed by atoms with Gasteiger partial charge in [-0.1, -0.05) is 23.2 Å². The van der Waals surface area contributed by atoms with Crippen LogP contribution < -0.4 is 4.72 Å². The van der Waals surface area contributed by atoms with Gasteiger partial charge in [0.15, 0.2) is 0 Å². The van der Waals surface area contributed by atoms with E-state index in [0.717, 1.165) is 6.26 Å². The van der Waals surface area contributed by atoms with Crippen molar-refractivity contribution in [2.24, 2.45) is 0 Å². The summed E-state index contributed by atoms with van der Waals surface area (Å²) in [7, 11) is -3.23. The highest BCUT2D eigenvalue weighted by Gasteiger charge is 2.13. The van der Waals surface area contributed by atoms with Gasteiger partial charge in [0.05, 0.1) is 17.0 Å². The van der Waals surface area contributed by atoms with E-state index in [1.807, 2.05) is 0 Å². The van der Waals surface area contributed by atoms with Gasteiger partial charge in [-0.15, -0.1) is 0 Å². The van der Waals surface area contributed by atoms with Gasteiger partial charge in [-0.05, 0) is 25.1 Å². The molecule has 0 bridgehead atoms. The van der Waals surface area contributed by atoms with Crippen LogP contribution >= 0.6 is 23.2 Å². The van der Waals surface area contributed by atoms with Crippen LogP contribution in [0.25, 0.3) is 5.69 Å². The third-order valence-corrected chi connectivity index (χ3v) is 3.91. The van der Waals surface area contributed by atoms with Gasteiger partial charge in [0.25, 0.3) is 0 Å². The standard InChI is InChI=1S/C12H14Cl2N4O2S/c1-8-16-12(5-6-15-21(2,19)20)18(17-8)11-7-9(13)3-4-10(11)14/h3-4,7,15H,5-6H2,1-2H3. The van der Waals surface area contributed by atoms with Gasteiger partial charge in [0.2, 0.25) is 10.0 Å². The van der Waals surface area contributed by atoms with E-state index >= 15 is 0 Å². The minimum atomic E-state index is -3.23. The number of nitrogens with one attached hydrogen (secondary N) is 1. The molecule has 0 fully saturated rings. The van der Waals surface area contributed by atoms with E-state index in [-0.39, 0.29) is 6.54 Å². The number of halogens is 2. The Morgan fingerprint density at radius 1 is 1.33 bits per heavy atom. The number of hydrogen-bond donors (Lipinski definition) is 1. The lowest BCUT2D eigenvalue weighted by molar-refractivity contribution is 0.586. The first-order valence-corrected chi connectivity index (χ1v) is 8.73. The Morgan fingerprint density at radius 2 is 2.05 bits per heavy atom. The maximum absolute atomic E-state index is 11.1. The zero-order chi connectivity index (χ0) is 15.6. The molecule has 1 N–H and O–H groups in total. The number of sulfonamides is 1. The molecule has 9 heteroatoms. The van der Waals surface area contributed by atoms with E-state index in [4.69, 9.17) is 23.2 Å². The zero-order valence-corrected chi connectivity index (χ0v) is 13.8. The van der Waals surface area contributed by atoms with Crippen LogP contribution in [0.4, 0.5) is 0 Å². The van der Waals surface area contributed by atoms with E-state index < -0.39 is 10.0 Å². The fourth-order valence-electron chi connectivity index (χ4n) is 1.81. The Bertz CT molecular complexity index is 759. The summed E-state index contributed by atoms with van der Waals surface area (Å²) in [5.74, 6) is 1.17. The topological polar surface area (TPSA) is 76.9 Å². The minimum absolute atomic E-state index is 0.231. The molecule has 0 amide bonds. The summed E-state index contributed by atoms with van der Waals surface area (Å²) in [5.41, 5.74) is 0.610. The lowest BCUT2D eigenvalue weighted by Gasteiger charge is -2.08. The highest BCUT2D eigenvalue weighted by Crippen LogP contribution is 2.24. The summed E-state index contributed by atoms with van der Waals surface area (Å²) in [4.78, 5) is 4.29. The number of rotatable bonds is 5. The SMILES string of the molecule is Cc1nc(CCNS(C)(=O)=O)n(-c2cc(Cl)ccc2Cl)n1. The van der Waals surface area contributed by atoms with Crippen LogP contribution in [-0.2, 0) is 16.4 Å². The van der Waals surface area contributed by atoms with Gasteiger partial charge < -0.3 is 0 Å². The first-order valence-electron chi connectivity index (χ1n) is 6.09. The molecule has 114 valence electrons. The van der Waals surface area contributed by atoms with E-state index in [0.29, 0.717) is 33.8 Å². The maximum atomic E-state index is 11.1. The summed E-state index contributed by atoms with van der Waals surface area (Å²) >= 11 is 12.1. The fraction of sp³-hybridized carbons (Fsp3) is 0.333. The average Bonchev–Trinajstić information content (AvgIpc) is 2.72. The Labute approximate surface area is 133 Å². The average molecular weight is 349 g/mol. The van der Waals surface area contributed by atoms with E-state index in [1.54, 1.807) is 29.8 Å². The molecule has 6 nitrogen and oxygen atoms in total. The fourth-order valence-corrected chi connectivity index (χ4v) is 2.65. The van der Waals surface area contributed by atoms with Gasteiger partial charge in [-0.2, -0.15) is 5.10 Å². The third kappa shape index (κ3) is 4.41. The van der Waals surface area contributed by atoms with E-state index in [2.05, 4.69) is 14.8 Å². The lowest BCUT2D eigenvalue weighted by atomic mass is 10.3. The molecule has 0 atom stereocenters. The van der Waals surface area contributed by atoms with Crippen molar-refractivity contribution in [3.63, 3.8) is 0 Å². The van der Waals surface area contributed by atoms with Gasteiger partial charge in [0, 0.05) is 18.0 Å². The molecule has 0 unspecified atom stereocenters. The van der Waals surface area contributed by atoms with Crippen molar-refractivity contribution in [2.75, 3.05) is 12.8 Å². The van der Waals surface area contributed by atoms with Crippen molar-refractivity contribution in [3.8, 4) is 5.69 Å². The number of aromatic nitrogens is 3. The van der Waals surface area contributed by atoms with Crippen molar-refractivity contribution in [1.82, 2.24) is 19.5 Å². The third-order valence-electron chi connectivity index (χ3n) is 2.63. The normalized spacial score (nSPS) is 11.8. The molecular formula is C12H14Cl2N4O2S. The van der Waals surface area contributed by atoms with E-state index in [9.17, 15) is 8.42 Å². The van der Waals surface area contributed by atoms with Crippen LogP contribution in [0.2, 0.25) is 10.0 Å². The molecule has 0 aliphatic carbocycles. The van der Waals surface area contributed by atoms with Gasteiger partial charge in [-0.3, -0.25) is 0 Å². The Kier molecular flexibility index (Phi) is 4.88. The van der Waals surface area contributed by atoms with Gasteiger partial charge in [0.1, 0.15) is 11.6 Å². The minimum Gasteiger partial charge on any atom is -0.216 e. The molecule has 0 radical (unpaired) electrons. The monoisotopic (exact) mass is 348 g/mol. The lowest BCUT2D eigenvalue weighted by Crippen LogP contribution is -2.25. The van der Waals surface area contributed by atoms with Crippen LogP contribution in [0.15, 0.2) is 18.2 Å². The zero-order valence-electron chi connectivity index (χ0n) is 11.5. The molecule has 1 heterocycles. The molecule has 0 saturated heterocycles. The van der Waals surface area contributed by atoms with Crippen molar-refractivity contribution in [2.45, 2.75) is 13.3 Å². The van der Waals surface area contributed by atoms with Crippen LogP contribution in [0, 0.1) is 6.92 Å². The maximum Gasteiger partial charge on any atom is 0.208 e. The van der Waals surface area contributed by atoms with E-state index in [1.165, 1.54) is 0 Å². The molecule has 2 aromatic rings. The molecular weight excluding hydrogens is 335 g/mol. The van der Waals surface area contributed by atoms with Gasteiger partial charge >= 0.3 is 0 Å². The highest BCUT2D eigenvalue weighted by atomic mass is 35.5. The predicted octanol–water partition coefficient (Wildman–Crippen LogP) is 1.97. The highest BCUT2D eigenvalue weighted by molar-refractivity contribution is 7.88. The second kappa shape index (κ2) is 6.31. The van der Waals surface area contributed by atoms with Crippen LogP contribution in [0.3, 0.4) is 0 Å². The molecule has 0 saturated carbocycles. The Morgan fingerprint density at radius 3 is 2.71 bits per heavy atom. The molecule has 1 aromatic carbocycles. The summed E-state index contributed by atoms with van der Waals surface area (Å²) in [6.45, 7) is 1.98. The van der Waals surface area contributed by atoms with Crippen LogP contribution in [-0.4, -0.2) is 36.0 Å². The first-order chi connectivity index (χ1) is 9.76. The second-order valence-corrected chi connectivity index (χ2v) is 7.18. The largest absolute Gasteiger partial charge is 0.216 e. The van der Waals surface area contributed by atoms with Gasteiger partial charge in [-0.25, -0.2) is 22.8 Å². The Hall–Kier alpha value is -1.15. The molecule has 1 aromatic heterocycles. The number of nitrogens with zero attached hydrogens (tertiary/aromatic N) is 3. The van der Waals surface area contributed by atoms with Crippen molar-refractivity contribution >= 4 is 33.2 Å². The number of hydrogen-bond acceptors (Lipinski definition) is 4. The molecule has 0 aliphatic rings. The number of benzene rings is 1. The second-order valence-electron chi connectivity index (χ2n) is 4.50. The molecule has 2 rings (SSSR count). The van der Waals surface area contributed by atoms with Crippen molar-refractivity contribution in [1.29, 1.82) is 0 Å². The summed E-state index contributed by atoms with van der Waals surface area (Å²) in [5, 5.41) is 5.30. The summed E-state index contributed by atoms with van der Waals surface area (Å²) in [6.07, 6.45) is 1.49. The molecule has 21 heavy (non-hydrogen) atoms. The van der Waals surface area contributed by atoms with Crippen molar-refractivity contribution < 1.29 is 8.42 Å². The summed E-state index contributed by atoms with van der Waals surface area (Å²) < 4.78 is 26.2. The predicted molar refractivity (Wildman–Crippen MR) is 82.7 cm³/mol. The quantitative estimate of drug-likeness (QED) is 0.895.